The number of hydrazine groups is 1. The highest BCUT2D eigenvalue weighted by molar-refractivity contribution is 6.40. The SMILES string of the molecule is NN1C(=O)C(=O)N2CCCC2OC(=O)C(N(C(=O)/C=C/c2ccco2)C2CCCCC2)Cc2ccccc21. The third-order valence-corrected chi connectivity index (χ3v) is 7.54. The number of esters is 1. The Morgan fingerprint density at radius 1 is 0.974 bits per heavy atom. The molecule has 2 atom stereocenters. The molecule has 2 unspecified atom stereocenters. The Hall–Kier alpha value is -3.92. The Balaban J connectivity index is 1.57. The van der Waals surface area contributed by atoms with Crippen LogP contribution in [0.25, 0.3) is 6.08 Å². The minimum atomic E-state index is -0.979. The molecular formula is C28H32N4O6. The average molecular weight is 521 g/mol. The molecule has 0 spiro atoms. The van der Waals surface area contributed by atoms with Gasteiger partial charge in [0.25, 0.3) is 0 Å². The maximum atomic E-state index is 13.9. The Morgan fingerprint density at radius 2 is 1.76 bits per heavy atom. The van der Waals surface area contributed by atoms with Crippen molar-refractivity contribution >= 4 is 35.5 Å². The van der Waals surface area contributed by atoms with Crippen LogP contribution in [0.4, 0.5) is 5.69 Å². The molecule has 200 valence electrons. The number of carbonyl (C=O) groups excluding carboxylic acids is 4. The molecule has 0 bridgehead atoms. The smallest absolute Gasteiger partial charge is 0.331 e. The number of para-hydroxylation sites is 1. The van der Waals surface area contributed by atoms with Crippen molar-refractivity contribution in [1.82, 2.24) is 9.80 Å². The van der Waals surface area contributed by atoms with E-state index in [0.717, 1.165) is 37.1 Å². The monoisotopic (exact) mass is 520 g/mol. The van der Waals surface area contributed by atoms with Gasteiger partial charge in [0.1, 0.15) is 11.8 Å². The van der Waals surface area contributed by atoms with Gasteiger partial charge in [0.15, 0.2) is 6.23 Å². The maximum absolute atomic E-state index is 13.9. The number of nitrogens with zero attached hydrogens (tertiary/aromatic N) is 3. The first kappa shape index (κ1) is 25.7. The zero-order valence-electron chi connectivity index (χ0n) is 21.2. The van der Waals surface area contributed by atoms with Crippen molar-refractivity contribution in [2.24, 2.45) is 5.84 Å². The van der Waals surface area contributed by atoms with Crippen LogP contribution in [0.3, 0.4) is 0 Å². The second-order valence-corrected chi connectivity index (χ2v) is 9.94. The Morgan fingerprint density at radius 3 is 2.53 bits per heavy atom. The number of hydrogen-bond donors (Lipinski definition) is 1. The van der Waals surface area contributed by atoms with Crippen LogP contribution in [-0.2, 0) is 30.3 Å². The Kier molecular flexibility index (Phi) is 7.59. The van der Waals surface area contributed by atoms with Crippen molar-refractivity contribution in [3.8, 4) is 0 Å². The molecule has 2 aromatic rings. The molecule has 3 amide bonds. The van der Waals surface area contributed by atoms with Crippen LogP contribution in [0, 0.1) is 0 Å². The highest BCUT2D eigenvalue weighted by Crippen LogP contribution is 2.31. The van der Waals surface area contributed by atoms with Crippen LogP contribution in [-0.4, -0.2) is 58.3 Å². The van der Waals surface area contributed by atoms with E-state index in [0.29, 0.717) is 29.9 Å². The van der Waals surface area contributed by atoms with Gasteiger partial charge in [0, 0.05) is 31.5 Å². The molecule has 2 N–H and O–H groups in total. The van der Waals surface area contributed by atoms with E-state index in [2.05, 4.69) is 0 Å². The van der Waals surface area contributed by atoms with E-state index in [1.807, 2.05) is 0 Å². The number of hydrogen-bond acceptors (Lipinski definition) is 7. The van der Waals surface area contributed by atoms with Gasteiger partial charge in [-0.25, -0.2) is 15.6 Å². The minimum absolute atomic E-state index is 0.0771. The molecule has 1 saturated heterocycles. The predicted molar refractivity (Wildman–Crippen MR) is 138 cm³/mol. The molecule has 1 saturated carbocycles. The zero-order valence-corrected chi connectivity index (χ0v) is 21.2. The molecule has 10 nitrogen and oxygen atoms in total. The van der Waals surface area contributed by atoms with Gasteiger partial charge < -0.3 is 14.1 Å². The summed E-state index contributed by atoms with van der Waals surface area (Å²) in [6.07, 6.45) is 9.20. The summed E-state index contributed by atoms with van der Waals surface area (Å²) in [5.41, 5.74) is 0.868. The number of amides is 3. The van der Waals surface area contributed by atoms with Gasteiger partial charge >= 0.3 is 17.8 Å². The van der Waals surface area contributed by atoms with Gasteiger partial charge in [0.2, 0.25) is 5.91 Å². The summed E-state index contributed by atoms with van der Waals surface area (Å²) in [7, 11) is 0. The second-order valence-electron chi connectivity index (χ2n) is 9.94. The van der Waals surface area contributed by atoms with Crippen LogP contribution in [0.1, 0.15) is 56.3 Å². The molecule has 5 rings (SSSR count). The summed E-state index contributed by atoms with van der Waals surface area (Å²) in [6.45, 7) is 0.278. The fourth-order valence-electron chi connectivity index (χ4n) is 5.63. The van der Waals surface area contributed by atoms with E-state index in [9.17, 15) is 19.2 Å². The number of anilines is 1. The first-order valence-corrected chi connectivity index (χ1v) is 13.2. The first-order valence-electron chi connectivity index (χ1n) is 13.2. The predicted octanol–water partition coefficient (Wildman–Crippen LogP) is 2.78. The van der Waals surface area contributed by atoms with Crippen molar-refractivity contribution in [2.75, 3.05) is 11.6 Å². The average Bonchev–Trinajstić information content (AvgIpc) is 3.63. The number of fused-ring (bicyclic) bond motifs is 2. The van der Waals surface area contributed by atoms with Gasteiger partial charge in [-0.05, 0) is 49.1 Å². The van der Waals surface area contributed by atoms with Gasteiger partial charge in [0.05, 0.1) is 12.0 Å². The van der Waals surface area contributed by atoms with Crippen LogP contribution in [0.2, 0.25) is 0 Å². The summed E-state index contributed by atoms with van der Waals surface area (Å²) >= 11 is 0. The van der Waals surface area contributed by atoms with Gasteiger partial charge in [-0.3, -0.25) is 19.3 Å². The summed E-state index contributed by atoms with van der Waals surface area (Å²) in [4.78, 5) is 56.5. The van der Waals surface area contributed by atoms with E-state index in [4.69, 9.17) is 15.0 Å². The summed E-state index contributed by atoms with van der Waals surface area (Å²) in [5.74, 6) is 4.04. The van der Waals surface area contributed by atoms with Gasteiger partial charge in [-0.1, -0.05) is 37.5 Å². The van der Waals surface area contributed by atoms with Crippen molar-refractivity contribution in [2.45, 2.75) is 69.7 Å². The lowest BCUT2D eigenvalue weighted by Crippen LogP contribution is -2.54. The van der Waals surface area contributed by atoms with E-state index in [1.54, 1.807) is 47.4 Å². The van der Waals surface area contributed by atoms with E-state index < -0.39 is 30.1 Å². The first-order chi connectivity index (χ1) is 18.4. The molecule has 2 fully saturated rings. The molecule has 1 aromatic carbocycles. The lowest BCUT2D eigenvalue weighted by molar-refractivity contribution is -0.171. The highest BCUT2D eigenvalue weighted by atomic mass is 16.6. The van der Waals surface area contributed by atoms with Crippen molar-refractivity contribution in [3.05, 3.63) is 60.1 Å². The molecule has 1 aliphatic carbocycles. The van der Waals surface area contributed by atoms with E-state index in [-0.39, 0.29) is 24.9 Å². The van der Waals surface area contributed by atoms with Crippen LogP contribution in [0.15, 0.2) is 53.2 Å². The third-order valence-electron chi connectivity index (χ3n) is 7.54. The minimum Gasteiger partial charge on any atom is -0.465 e. The molecule has 0 radical (unpaired) electrons. The van der Waals surface area contributed by atoms with E-state index >= 15 is 0 Å². The van der Waals surface area contributed by atoms with Crippen LogP contribution >= 0.6 is 0 Å². The molecule has 38 heavy (non-hydrogen) atoms. The summed E-state index contributed by atoms with van der Waals surface area (Å²) in [5, 5.41) is 0.837. The number of carbonyl (C=O) groups is 4. The van der Waals surface area contributed by atoms with Gasteiger partial charge in [-0.15, -0.1) is 0 Å². The fourth-order valence-corrected chi connectivity index (χ4v) is 5.63. The molecule has 10 heteroatoms. The lowest BCUT2D eigenvalue weighted by atomic mass is 9.91. The normalized spacial score (nSPS) is 23.1. The molecule has 2 aliphatic heterocycles. The molecular weight excluding hydrogens is 488 g/mol. The fraction of sp³-hybridized carbons (Fsp3) is 0.429. The number of furan rings is 1. The number of nitrogens with two attached hydrogens (primary N) is 1. The molecule has 3 heterocycles. The van der Waals surface area contributed by atoms with Crippen LogP contribution < -0.4 is 10.9 Å². The quantitative estimate of drug-likeness (QED) is 0.216. The van der Waals surface area contributed by atoms with Crippen molar-refractivity contribution in [1.29, 1.82) is 0 Å². The van der Waals surface area contributed by atoms with E-state index in [1.165, 1.54) is 17.2 Å². The maximum Gasteiger partial charge on any atom is 0.331 e. The number of ether oxygens (including phenoxy) is 1. The summed E-state index contributed by atoms with van der Waals surface area (Å²) < 4.78 is 11.2. The van der Waals surface area contributed by atoms with Gasteiger partial charge in [-0.2, -0.15) is 0 Å². The Bertz CT molecular complexity index is 1220. The highest BCUT2D eigenvalue weighted by Gasteiger charge is 2.42. The molecule has 3 aliphatic rings. The number of rotatable bonds is 4. The topological polar surface area (TPSA) is 126 Å². The largest absolute Gasteiger partial charge is 0.465 e. The summed E-state index contributed by atoms with van der Waals surface area (Å²) in [6, 6.07) is 9.18. The van der Waals surface area contributed by atoms with Crippen molar-refractivity contribution < 1.29 is 28.3 Å². The second kappa shape index (κ2) is 11.2. The standard InChI is InChI=1S/C28H32N4O6/c29-32-22-12-5-4-8-19(22)18-23(28(36)38-25-13-6-16-30(25)26(34)27(32)35)31(20-9-2-1-3-10-20)24(33)15-14-21-11-7-17-37-21/h4-5,7-8,11-12,14-15,17,20,23,25H,1-3,6,9-10,13,16,18,29H2/b15-14+. The third kappa shape index (κ3) is 5.22. The Labute approximate surface area is 220 Å². The van der Waals surface area contributed by atoms with Crippen molar-refractivity contribution in [3.63, 3.8) is 0 Å². The zero-order chi connectivity index (χ0) is 26.6. The van der Waals surface area contributed by atoms with Crippen LogP contribution in [0.5, 0.6) is 0 Å². The lowest BCUT2D eigenvalue weighted by Gasteiger charge is -2.39. The molecule has 1 aromatic heterocycles. The number of benzene rings is 1.